The molecule has 0 aliphatic heterocycles. The normalized spacial score (nSPS) is 10.8. The van der Waals surface area contributed by atoms with Crippen molar-refractivity contribution in [2.45, 2.75) is 13.3 Å². The monoisotopic (exact) mass is 162 g/mol. The molecule has 0 bridgehead atoms. The van der Waals surface area contributed by atoms with E-state index in [0.717, 1.165) is 23.0 Å². The third kappa shape index (κ3) is 0.881. The molecule has 0 amide bonds. The predicted octanol–water partition coefficient (Wildman–Crippen LogP) is 2.70. The van der Waals surface area contributed by atoms with Crippen molar-refractivity contribution in [3.05, 3.63) is 30.0 Å². The molecular weight excluding hydrogens is 152 g/mol. The highest BCUT2D eigenvalue weighted by molar-refractivity contribution is 5.84. The maximum atomic E-state index is 9.68. The summed E-state index contributed by atoms with van der Waals surface area (Å²) < 4.78 is 5.14. The summed E-state index contributed by atoms with van der Waals surface area (Å²) in [5.74, 6) is 0.351. The molecule has 0 aliphatic carbocycles. The molecule has 0 saturated carbocycles. The molecule has 0 unspecified atom stereocenters. The summed E-state index contributed by atoms with van der Waals surface area (Å²) in [5, 5.41) is 10.5. The lowest BCUT2D eigenvalue weighted by atomic mass is 10.1. The molecule has 2 heteroatoms. The van der Waals surface area contributed by atoms with Crippen LogP contribution >= 0.6 is 0 Å². The van der Waals surface area contributed by atoms with E-state index in [-0.39, 0.29) is 0 Å². The van der Waals surface area contributed by atoms with E-state index in [1.54, 1.807) is 12.3 Å². The molecule has 0 spiro atoms. The van der Waals surface area contributed by atoms with Crippen LogP contribution in [0.25, 0.3) is 11.0 Å². The Kier molecular flexibility index (Phi) is 1.54. The zero-order chi connectivity index (χ0) is 8.55. The van der Waals surface area contributed by atoms with E-state index >= 15 is 0 Å². The minimum atomic E-state index is 0.351. The van der Waals surface area contributed by atoms with Gasteiger partial charge in [-0.2, -0.15) is 0 Å². The number of hydrogen-bond acceptors (Lipinski definition) is 2. The smallest absolute Gasteiger partial charge is 0.137 e. The molecule has 0 saturated heterocycles. The average Bonchev–Trinajstić information content (AvgIpc) is 2.53. The lowest BCUT2D eigenvalue weighted by Gasteiger charge is -2.00. The van der Waals surface area contributed by atoms with Gasteiger partial charge in [-0.05, 0) is 24.1 Å². The van der Waals surface area contributed by atoms with Crippen molar-refractivity contribution in [2.75, 3.05) is 0 Å². The van der Waals surface area contributed by atoms with E-state index in [1.807, 2.05) is 19.1 Å². The molecule has 2 aromatic rings. The first-order valence-corrected chi connectivity index (χ1v) is 4.01. The van der Waals surface area contributed by atoms with Gasteiger partial charge in [0, 0.05) is 0 Å². The Morgan fingerprint density at radius 3 is 2.92 bits per heavy atom. The topological polar surface area (TPSA) is 33.4 Å². The Labute approximate surface area is 70.4 Å². The van der Waals surface area contributed by atoms with Gasteiger partial charge in [0.2, 0.25) is 0 Å². The highest BCUT2D eigenvalue weighted by Crippen LogP contribution is 2.29. The van der Waals surface area contributed by atoms with E-state index in [2.05, 4.69) is 0 Å². The summed E-state index contributed by atoms with van der Waals surface area (Å²) in [6.45, 7) is 2.01. The van der Waals surface area contributed by atoms with Crippen LogP contribution in [0.5, 0.6) is 5.75 Å². The summed E-state index contributed by atoms with van der Waals surface area (Å²) in [4.78, 5) is 0. The fourth-order valence-electron chi connectivity index (χ4n) is 1.36. The van der Waals surface area contributed by atoms with Gasteiger partial charge in [0.05, 0.1) is 11.6 Å². The van der Waals surface area contributed by atoms with E-state index in [1.165, 1.54) is 0 Å². The SMILES string of the molecule is CCc1ccc2occc2c1O. The fourth-order valence-corrected chi connectivity index (χ4v) is 1.36. The molecule has 2 nitrogen and oxygen atoms in total. The number of aryl methyl sites for hydroxylation is 1. The maximum Gasteiger partial charge on any atom is 0.137 e. The Morgan fingerprint density at radius 1 is 1.33 bits per heavy atom. The molecule has 62 valence electrons. The molecule has 0 aliphatic rings. The van der Waals surface area contributed by atoms with E-state index in [4.69, 9.17) is 4.42 Å². The van der Waals surface area contributed by atoms with Crippen LogP contribution in [-0.4, -0.2) is 5.11 Å². The van der Waals surface area contributed by atoms with Gasteiger partial charge < -0.3 is 9.52 Å². The molecule has 1 N–H and O–H groups in total. The third-order valence-electron chi connectivity index (χ3n) is 2.07. The Balaban J connectivity index is 2.78. The van der Waals surface area contributed by atoms with Crippen LogP contribution in [0.2, 0.25) is 0 Å². The van der Waals surface area contributed by atoms with Gasteiger partial charge in [-0.3, -0.25) is 0 Å². The van der Waals surface area contributed by atoms with Crippen LogP contribution in [0, 0.1) is 0 Å². The average molecular weight is 162 g/mol. The first-order chi connectivity index (χ1) is 5.83. The van der Waals surface area contributed by atoms with Gasteiger partial charge in [-0.25, -0.2) is 0 Å². The van der Waals surface area contributed by atoms with Crippen molar-refractivity contribution in [3.63, 3.8) is 0 Å². The Bertz CT molecular complexity index is 401. The second-order valence-corrected chi connectivity index (χ2v) is 2.76. The number of phenols is 1. The van der Waals surface area contributed by atoms with Crippen molar-refractivity contribution in [1.82, 2.24) is 0 Å². The molecule has 2 rings (SSSR count). The molecule has 1 aromatic carbocycles. The van der Waals surface area contributed by atoms with Gasteiger partial charge in [-0.1, -0.05) is 13.0 Å². The number of aromatic hydroxyl groups is 1. The fraction of sp³-hybridized carbons (Fsp3) is 0.200. The van der Waals surface area contributed by atoms with Gasteiger partial charge in [0.25, 0.3) is 0 Å². The number of hydrogen-bond donors (Lipinski definition) is 1. The molecule has 0 radical (unpaired) electrons. The van der Waals surface area contributed by atoms with Crippen molar-refractivity contribution in [1.29, 1.82) is 0 Å². The van der Waals surface area contributed by atoms with Crippen molar-refractivity contribution in [3.8, 4) is 5.75 Å². The summed E-state index contributed by atoms with van der Waals surface area (Å²) in [5.41, 5.74) is 1.70. The molecule has 0 atom stereocenters. The van der Waals surface area contributed by atoms with Gasteiger partial charge in [0.15, 0.2) is 0 Å². The zero-order valence-corrected chi connectivity index (χ0v) is 6.87. The number of phenolic OH excluding ortho intramolecular Hbond substituents is 1. The van der Waals surface area contributed by atoms with E-state index in [0.29, 0.717) is 5.75 Å². The molecule has 1 heterocycles. The maximum absolute atomic E-state index is 9.68. The highest BCUT2D eigenvalue weighted by atomic mass is 16.3. The quantitative estimate of drug-likeness (QED) is 0.699. The number of furan rings is 1. The van der Waals surface area contributed by atoms with E-state index in [9.17, 15) is 5.11 Å². The second kappa shape index (κ2) is 2.55. The summed E-state index contributed by atoms with van der Waals surface area (Å²) in [6.07, 6.45) is 2.43. The first-order valence-electron chi connectivity index (χ1n) is 4.01. The van der Waals surface area contributed by atoms with Crippen molar-refractivity contribution >= 4 is 11.0 Å². The number of fused-ring (bicyclic) bond motifs is 1. The largest absolute Gasteiger partial charge is 0.507 e. The molecule has 12 heavy (non-hydrogen) atoms. The van der Waals surface area contributed by atoms with E-state index < -0.39 is 0 Å². The van der Waals surface area contributed by atoms with Gasteiger partial charge in [0.1, 0.15) is 11.3 Å². The molecular formula is C10H10O2. The van der Waals surface area contributed by atoms with Crippen LogP contribution in [0.3, 0.4) is 0 Å². The lowest BCUT2D eigenvalue weighted by molar-refractivity contribution is 0.475. The van der Waals surface area contributed by atoms with Crippen molar-refractivity contribution < 1.29 is 9.52 Å². The molecule has 0 fully saturated rings. The lowest BCUT2D eigenvalue weighted by Crippen LogP contribution is -1.80. The minimum Gasteiger partial charge on any atom is -0.507 e. The van der Waals surface area contributed by atoms with Crippen LogP contribution in [-0.2, 0) is 6.42 Å². The van der Waals surface area contributed by atoms with Crippen LogP contribution in [0.15, 0.2) is 28.9 Å². The minimum absolute atomic E-state index is 0.351. The van der Waals surface area contributed by atoms with Gasteiger partial charge in [-0.15, -0.1) is 0 Å². The van der Waals surface area contributed by atoms with Gasteiger partial charge >= 0.3 is 0 Å². The second-order valence-electron chi connectivity index (χ2n) is 2.76. The Morgan fingerprint density at radius 2 is 2.17 bits per heavy atom. The number of rotatable bonds is 1. The summed E-state index contributed by atoms with van der Waals surface area (Å²) in [7, 11) is 0. The molecule has 1 aromatic heterocycles. The summed E-state index contributed by atoms with van der Waals surface area (Å²) >= 11 is 0. The Hall–Kier alpha value is -1.44. The third-order valence-corrected chi connectivity index (χ3v) is 2.07. The van der Waals surface area contributed by atoms with Crippen molar-refractivity contribution in [2.24, 2.45) is 0 Å². The number of benzene rings is 1. The summed E-state index contributed by atoms with van der Waals surface area (Å²) in [6, 6.07) is 5.55. The van der Waals surface area contributed by atoms with Crippen LogP contribution in [0.1, 0.15) is 12.5 Å². The zero-order valence-electron chi connectivity index (χ0n) is 6.87. The standard InChI is InChI=1S/C10H10O2/c1-2-7-3-4-9-8(10(7)11)5-6-12-9/h3-6,11H,2H2,1H3. The highest BCUT2D eigenvalue weighted by Gasteiger charge is 2.05. The van der Waals surface area contributed by atoms with Crippen LogP contribution in [0.4, 0.5) is 0 Å². The first kappa shape index (κ1) is 7.22. The van der Waals surface area contributed by atoms with Crippen LogP contribution < -0.4 is 0 Å². The predicted molar refractivity (Wildman–Crippen MR) is 47.3 cm³/mol.